The van der Waals surface area contributed by atoms with Crippen LogP contribution < -0.4 is 0 Å². The Balaban J connectivity index is 2.93. The predicted molar refractivity (Wildman–Crippen MR) is 77.5 cm³/mol. The van der Waals surface area contributed by atoms with Crippen molar-refractivity contribution in [1.29, 1.82) is 0 Å². The third kappa shape index (κ3) is 5.61. The minimum atomic E-state index is -3.28. The van der Waals surface area contributed by atoms with Crippen LogP contribution in [0, 0.1) is 5.41 Å². The molecule has 0 aromatic heterocycles. The van der Waals surface area contributed by atoms with Crippen molar-refractivity contribution in [3.8, 4) is 0 Å². The van der Waals surface area contributed by atoms with Gasteiger partial charge in [0.05, 0.1) is 5.75 Å². The Morgan fingerprint density at radius 3 is 2.37 bits per heavy atom. The molecule has 0 aromatic carbocycles. The van der Waals surface area contributed by atoms with E-state index in [-0.39, 0.29) is 23.0 Å². The lowest BCUT2D eigenvalue weighted by molar-refractivity contribution is -0.117. The summed E-state index contributed by atoms with van der Waals surface area (Å²) in [6.45, 7) is 7.91. The third-order valence-corrected chi connectivity index (χ3v) is 5.75. The van der Waals surface area contributed by atoms with E-state index < -0.39 is 10.0 Å². The summed E-state index contributed by atoms with van der Waals surface area (Å²) in [5.74, 6) is 0.219. The number of ketones is 1. The SMILES string of the molecule is CC(=O)CC1CCCCCN1S(=O)(=O)CC(C)(C)C. The van der Waals surface area contributed by atoms with Crippen LogP contribution in [0.2, 0.25) is 0 Å². The first kappa shape index (κ1) is 16.6. The number of hydrogen-bond acceptors (Lipinski definition) is 3. The van der Waals surface area contributed by atoms with Crippen LogP contribution in [0.15, 0.2) is 0 Å². The van der Waals surface area contributed by atoms with Gasteiger partial charge >= 0.3 is 0 Å². The normalized spacial score (nSPS) is 23.1. The van der Waals surface area contributed by atoms with Gasteiger partial charge in [0.25, 0.3) is 0 Å². The first-order chi connectivity index (χ1) is 8.62. The Hall–Kier alpha value is -0.420. The zero-order chi connectivity index (χ0) is 14.7. The Kier molecular flexibility index (Phi) is 5.56. The third-order valence-electron chi connectivity index (χ3n) is 3.32. The second-order valence-electron chi connectivity index (χ2n) is 6.84. The van der Waals surface area contributed by atoms with E-state index in [1.54, 1.807) is 11.2 Å². The molecule has 1 aliphatic rings. The highest BCUT2D eigenvalue weighted by molar-refractivity contribution is 7.89. The van der Waals surface area contributed by atoms with Crippen LogP contribution in [0.5, 0.6) is 0 Å². The molecule has 0 spiro atoms. The van der Waals surface area contributed by atoms with Crippen molar-refractivity contribution in [2.75, 3.05) is 12.3 Å². The highest BCUT2D eigenvalue weighted by Crippen LogP contribution is 2.26. The average Bonchev–Trinajstić information content (AvgIpc) is 2.38. The van der Waals surface area contributed by atoms with Crippen LogP contribution in [0.3, 0.4) is 0 Å². The molecule has 0 N–H and O–H groups in total. The fraction of sp³-hybridized carbons (Fsp3) is 0.929. The van der Waals surface area contributed by atoms with E-state index in [1.165, 1.54) is 0 Å². The molecule has 19 heavy (non-hydrogen) atoms. The molecule has 1 aliphatic heterocycles. The lowest BCUT2D eigenvalue weighted by Gasteiger charge is -2.31. The molecule has 0 amide bonds. The van der Waals surface area contributed by atoms with E-state index in [2.05, 4.69) is 0 Å². The highest BCUT2D eigenvalue weighted by Gasteiger charge is 2.34. The number of carbonyl (C=O) groups is 1. The maximum atomic E-state index is 12.6. The zero-order valence-corrected chi connectivity index (χ0v) is 13.4. The predicted octanol–water partition coefficient (Wildman–Crippen LogP) is 2.59. The van der Waals surface area contributed by atoms with Crippen molar-refractivity contribution >= 4 is 15.8 Å². The van der Waals surface area contributed by atoms with Gasteiger partial charge in [0.1, 0.15) is 5.78 Å². The number of Topliss-reactive ketones (excluding diaryl/α,β-unsaturated/α-hetero) is 1. The average molecular weight is 289 g/mol. The monoisotopic (exact) mass is 289 g/mol. The van der Waals surface area contributed by atoms with Gasteiger partial charge in [-0.15, -0.1) is 0 Å². The van der Waals surface area contributed by atoms with Gasteiger partial charge in [-0.3, -0.25) is 4.79 Å². The molecular formula is C14H27NO3S. The Labute approximate surface area is 117 Å². The van der Waals surface area contributed by atoms with Crippen LogP contribution in [-0.4, -0.2) is 36.8 Å². The second kappa shape index (κ2) is 6.35. The Morgan fingerprint density at radius 2 is 1.84 bits per heavy atom. The molecular weight excluding hydrogens is 262 g/mol. The van der Waals surface area contributed by atoms with E-state index in [9.17, 15) is 13.2 Å². The van der Waals surface area contributed by atoms with Crippen molar-refractivity contribution in [2.45, 2.75) is 65.8 Å². The number of sulfonamides is 1. The number of nitrogens with zero attached hydrogens (tertiary/aromatic N) is 1. The highest BCUT2D eigenvalue weighted by atomic mass is 32.2. The molecule has 0 radical (unpaired) electrons. The molecule has 0 aromatic rings. The van der Waals surface area contributed by atoms with Gasteiger partial charge in [0, 0.05) is 19.0 Å². The van der Waals surface area contributed by atoms with Crippen molar-refractivity contribution in [2.24, 2.45) is 5.41 Å². The largest absolute Gasteiger partial charge is 0.300 e. The molecule has 112 valence electrons. The van der Waals surface area contributed by atoms with Crippen LogP contribution in [0.1, 0.15) is 59.8 Å². The summed E-state index contributed by atoms with van der Waals surface area (Å²) in [7, 11) is -3.28. The number of carbonyl (C=O) groups excluding carboxylic acids is 1. The maximum Gasteiger partial charge on any atom is 0.214 e. The van der Waals surface area contributed by atoms with Gasteiger partial charge in [-0.2, -0.15) is 4.31 Å². The van der Waals surface area contributed by atoms with E-state index in [1.807, 2.05) is 20.8 Å². The number of hydrogen-bond donors (Lipinski definition) is 0. The van der Waals surface area contributed by atoms with E-state index >= 15 is 0 Å². The van der Waals surface area contributed by atoms with E-state index in [0.717, 1.165) is 25.7 Å². The maximum absolute atomic E-state index is 12.6. The molecule has 5 heteroatoms. The topological polar surface area (TPSA) is 54.5 Å². The second-order valence-corrected chi connectivity index (χ2v) is 8.76. The van der Waals surface area contributed by atoms with E-state index in [0.29, 0.717) is 13.0 Å². The fourth-order valence-electron chi connectivity index (χ4n) is 2.68. The van der Waals surface area contributed by atoms with Crippen LogP contribution >= 0.6 is 0 Å². The van der Waals surface area contributed by atoms with Gasteiger partial charge in [0.2, 0.25) is 10.0 Å². The first-order valence-corrected chi connectivity index (χ1v) is 8.72. The van der Waals surface area contributed by atoms with Crippen LogP contribution in [0.25, 0.3) is 0 Å². The zero-order valence-electron chi connectivity index (χ0n) is 12.6. The molecule has 0 aliphatic carbocycles. The summed E-state index contributed by atoms with van der Waals surface area (Å²) < 4.78 is 26.7. The van der Waals surface area contributed by atoms with Crippen molar-refractivity contribution < 1.29 is 13.2 Å². The molecule has 1 atom stereocenters. The van der Waals surface area contributed by atoms with Crippen molar-refractivity contribution in [1.82, 2.24) is 4.31 Å². The summed E-state index contributed by atoms with van der Waals surface area (Å²) >= 11 is 0. The van der Waals surface area contributed by atoms with Gasteiger partial charge in [-0.1, -0.05) is 33.6 Å². The molecule has 0 saturated carbocycles. The molecule has 1 fully saturated rings. The molecule has 4 nitrogen and oxygen atoms in total. The molecule has 1 saturated heterocycles. The van der Waals surface area contributed by atoms with Gasteiger partial charge in [-0.25, -0.2) is 8.42 Å². The van der Waals surface area contributed by atoms with Gasteiger partial charge in [-0.05, 0) is 25.2 Å². The minimum Gasteiger partial charge on any atom is -0.300 e. The molecule has 1 rings (SSSR count). The summed E-state index contributed by atoms with van der Waals surface area (Å²) in [6, 6.07) is -0.132. The van der Waals surface area contributed by atoms with Gasteiger partial charge in [0.15, 0.2) is 0 Å². The molecule has 0 bridgehead atoms. The summed E-state index contributed by atoms with van der Waals surface area (Å²) in [4.78, 5) is 11.4. The summed E-state index contributed by atoms with van der Waals surface area (Å²) in [5, 5.41) is 0. The lowest BCUT2D eigenvalue weighted by Crippen LogP contribution is -2.44. The Morgan fingerprint density at radius 1 is 1.21 bits per heavy atom. The van der Waals surface area contributed by atoms with E-state index in [4.69, 9.17) is 0 Å². The molecule has 1 unspecified atom stereocenters. The molecule has 1 heterocycles. The van der Waals surface area contributed by atoms with Gasteiger partial charge < -0.3 is 0 Å². The van der Waals surface area contributed by atoms with Crippen LogP contribution in [-0.2, 0) is 14.8 Å². The minimum absolute atomic E-state index is 0.0721. The quantitative estimate of drug-likeness (QED) is 0.799. The summed E-state index contributed by atoms with van der Waals surface area (Å²) in [6.07, 6.45) is 4.12. The first-order valence-electron chi connectivity index (χ1n) is 7.11. The fourth-order valence-corrected chi connectivity index (χ4v) is 4.98. The van der Waals surface area contributed by atoms with Crippen molar-refractivity contribution in [3.05, 3.63) is 0 Å². The van der Waals surface area contributed by atoms with Crippen LogP contribution in [0.4, 0.5) is 0 Å². The van der Waals surface area contributed by atoms with Crippen molar-refractivity contribution in [3.63, 3.8) is 0 Å². The number of rotatable bonds is 4. The smallest absolute Gasteiger partial charge is 0.214 e. The standard InChI is InChI=1S/C14H27NO3S/c1-12(16)10-13-8-6-5-7-9-15(13)19(17,18)11-14(2,3)4/h13H,5-11H2,1-4H3. The Bertz CT molecular complexity index is 409. The lowest BCUT2D eigenvalue weighted by atomic mass is 10.0. The summed E-state index contributed by atoms with van der Waals surface area (Å²) in [5.41, 5.74) is -0.258.